The van der Waals surface area contributed by atoms with E-state index in [-0.39, 0.29) is 23.1 Å². The average molecular weight is 277 g/mol. The van der Waals surface area contributed by atoms with Gasteiger partial charge in [-0.1, -0.05) is 0 Å². The number of rotatable bonds is 5. The standard InChI is InChI=1S/C15H19NO4/c1-9-4-7-13(20-9)8-16(12-5-6-12)14(17)10(2)11(3)15(18)19/h4,7,12H,5-6,8H2,1-3H3,(H,18,19). The average Bonchev–Trinajstić information content (AvgIpc) is 3.16. The van der Waals surface area contributed by atoms with Gasteiger partial charge in [0, 0.05) is 17.2 Å². The lowest BCUT2D eigenvalue weighted by Crippen LogP contribution is -2.33. The van der Waals surface area contributed by atoms with Crippen molar-refractivity contribution in [2.75, 3.05) is 0 Å². The van der Waals surface area contributed by atoms with Gasteiger partial charge in [-0.2, -0.15) is 0 Å². The van der Waals surface area contributed by atoms with E-state index in [0.29, 0.717) is 6.54 Å². The minimum Gasteiger partial charge on any atom is -0.478 e. The van der Waals surface area contributed by atoms with E-state index in [0.717, 1.165) is 24.4 Å². The molecule has 0 radical (unpaired) electrons. The van der Waals surface area contributed by atoms with Crippen molar-refractivity contribution in [1.29, 1.82) is 0 Å². The Kier molecular flexibility index (Phi) is 3.97. The van der Waals surface area contributed by atoms with Gasteiger partial charge in [0.05, 0.1) is 6.54 Å². The van der Waals surface area contributed by atoms with Crippen molar-refractivity contribution in [2.45, 2.75) is 46.2 Å². The number of carbonyl (C=O) groups is 2. The van der Waals surface area contributed by atoms with E-state index in [4.69, 9.17) is 9.52 Å². The molecular weight excluding hydrogens is 258 g/mol. The predicted molar refractivity (Wildman–Crippen MR) is 73.0 cm³/mol. The third-order valence-electron chi connectivity index (χ3n) is 3.57. The van der Waals surface area contributed by atoms with Crippen molar-refractivity contribution in [1.82, 2.24) is 4.90 Å². The molecule has 1 heterocycles. The summed E-state index contributed by atoms with van der Waals surface area (Å²) in [6, 6.07) is 3.90. The third-order valence-corrected chi connectivity index (χ3v) is 3.57. The molecule has 5 nitrogen and oxygen atoms in total. The van der Waals surface area contributed by atoms with Crippen molar-refractivity contribution in [3.05, 3.63) is 34.8 Å². The van der Waals surface area contributed by atoms with Crippen LogP contribution in [0.15, 0.2) is 27.7 Å². The van der Waals surface area contributed by atoms with Gasteiger partial charge in [-0.3, -0.25) is 4.79 Å². The summed E-state index contributed by atoms with van der Waals surface area (Å²) < 4.78 is 5.50. The molecule has 108 valence electrons. The van der Waals surface area contributed by atoms with Crippen molar-refractivity contribution >= 4 is 11.9 Å². The van der Waals surface area contributed by atoms with Crippen molar-refractivity contribution in [3.8, 4) is 0 Å². The first-order valence-electron chi connectivity index (χ1n) is 6.67. The number of nitrogens with zero attached hydrogens (tertiary/aromatic N) is 1. The summed E-state index contributed by atoms with van der Waals surface area (Å²) in [6.07, 6.45) is 1.93. The summed E-state index contributed by atoms with van der Waals surface area (Å²) in [5.41, 5.74) is 0.379. The quantitative estimate of drug-likeness (QED) is 0.839. The number of aryl methyl sites for hydroxylation is 1. The molecule has 0 unspecified atom stereocenters. The Hall–Kier alpha value is -2.04. The normalized spacial score (nSPS) is 15.8. The van der Waals surface area contributed by atoms with Gasteiger partial charge in [-0.05, 0) is 45.7 Å². The zero-order valence-corrected chi connectivity index (χ0v) is 12.0. The number of carbonyl (C=O) groups excluding carboxylic acids is 1. The van der Waals surface area contributed by atoms with Gasteiger partial charge in [0.2, 0.25) is 0 Å². The fraction of sp³-hybridized carbons (Fsp3) is 0.467. The molecule has 0 atom stereocenters. The van der Waals surface area contributed by atoms with Crippen molar-refractivity contribution < 1.29 is 19.1 Å². The van der Waals surface area contributed by atoms with Crippen LogP contribution in [0.4, 0.5) is 0 Å². The third kappa shape index (κ3) is 3.10. The van der Waals surface area contributed by atoms with Gasteiger partial charge in [-0.15, -0.1) is 0 Å². The molecule has 0 saturated heterocycles. The van der Waals surface area contributed by atoms with E-state index in [2.05, 4.69) is 0 Å². The largest absolute Gasteiger partial charge is 0.478 e. The van der Waals surface area contributed by atoms with Gasteiger partial charge in [0.15, 0.2) is 0 Å². The van der Waals surface area contributed by atoms with Crippen LogP contribution in [-0.4, -0.2) is 27.9 Å². The van der Waals surface area contributed by atoms with Gasteiger partial charge < -0.3 is 14.4 Å². The molecule has 1 aliphatic carbocycles. The smallest absolute Gasteiger partial charge is 0.331 e. The van der Waals surface area contributed by atoms with Crippen LogP contribution in [0, 0.1) is 6.92 Å². The topological polar surface area (TPSA) is 70.8 Å². The number of furan rings is 1. The molecule has 20 heavy (non-hydrogen) atoms. The first kappa shape index (κ1) is 14.4. The molecule has 0 aliphatic heterocycles. The highest BCUT2D eigenvalue weighted by Gasteiger charge is 2.34. The van der Waals surface area contributed by atoms with Crippen LogP contribution in [0.2, 0.25) is 0 Å². The van der Waals surface area contributed by atoms with Gasteiger partial charge >= 0.3 is 5.97 Å². The van der Waals surface area contributed by atoms with Gasteiger partial charge in [0.1, 0.15) is 11.5 Å². The van der Waals surface area contributed by atoms with Gasteiger partial charge in [-0.25, -0.2) is 4.79 Å². The zero-order chi connectivity index (χ0) is 14.9. The fourth-order valence-corrected chi connectivity index (χ4v) is 2.03. The lowest BCUT2D eigenvalue weighted by molar-refractivity contribution is -0.134. The van der Waals surface area contributed by atoms with E-state index in [1.807, 2.05) is 19.1 Å². The van der Waals surface area contributed by atoms with Crippen LogP contribution in [-0.2, 0) is 16.1 Å². The molecule has 1 aliphatic rings. The summed E-state index contributed by atoms with van der Waals surface area (Å²) in [5.74, 6) is 0.252. The van der Waals surface area contributed by atoms with E-state index in [1.165, 1.54) is 6.92 Å². The molecule has 1 saturated carbocycles. The summed E-state index contributed by atoms with van der Waals surface area (Å²) in [7, 11) is 0. The SMILES string of the molecule is CC(C(=O)O)=C(C)C(=O)N(Cc1ccc(C)o1)C1CC1. The van der Waals surface area contributed by atoms with Crippen molar-refractivity contribution in [3.63, 3.8) is 0 Å². The second kappa shape index (κ2) is 5.53. The lowest BCUT2D eigenvalue weighted by Gasteiger charge is -2.22. The van der Waals surface area contributed by atoms with Crippen molar-refractivity contribution in [2.24, 2.45) is 0 Å². The van der Waals surface area contributed by atoms with Crippen LogP contribution < -0.4 is 0 Å². The Labute approximate surface area is 117 Å². The van der Waals surface area contributed by atoms with Gasteiger partial charge in [0.25, 0.3) is 5.91 Å². The number of carboxylic acid groups (broad SMARTS) is 1. The molecule has 1 aromatic heterocycles. The molecule has 1 aromatic rings. The number of carboxylic acids is 1. The number of hydrogen-bond donors (Lipinski definition) is 1. The molecular formula is C15H19NO4. The number of amides is 1. The van der Waals surface area contributed by atoms with Crippen LogP contribution in [0.1, 0.15) is 38.2 Å². The molecule has 0 bridgehead atoms. The maximum absolute atomic E-state index is 12.4. The van der Waals surface area contributed by atoms with E-state index < -0.39 is 5.97 Å². The summed E-state index contributed by atoms with van der Waals surface area (Å²) in [6.45, 7) is 5.26. The predicted octanol–water partition coefficient (Wildman–Crippen LogP) is 2.50. The monoisotopic (exact) mass is 277 g/mol. The Morgan fingerprint density at radius 2 is 1.95 bits per heavy atom. The van der Waals surface area contributed by atoms with Crippen LogP contribution >= 0.6 is 0 Å². The van der Waals surface area contributed by atoms with E-state index in [1.54, 1.807) is 11.8 Å². The molecule has 5 heteroatoms. The minimum atomic E-state index is -1.06. The molecule has 0 spiro atoms. The van der Waals surface area contributed by atoms with E-state index in [9.17, 15) is 9.59 Å². The second-order valence-electron chi connectivity index (χ2n) is 5.23. The molecule has 1 fully saturated rings. The molecule has 1 N–H and O–H groups in total. The Morgan fingerprint density at radius 3 is 2.40 bits per heavy atom. The first-order chi connectivity index (χ1) is 9.40. The van der Waals surface area contributed by atoms with E-state index >= 15 is 0 Å². The lowest BCUT2D eigenvalue weighted by atomic mass is 10.1. The second-order valence-corrected chi connectivity index (χ2v) is 5.23. The highest BCUT2D eigenvalue weighted by Crippen LogP contribution is 2.30. The summed E-state index contributed by atoms with van der Waals surface area (Å²) in [4.78, 5) is 25.1. The van der Waals surface area contributed by atoms with Crippen LogP contribution in [0.25, 0.3) is 0 Å². The Bertz CT molecular complexity index is 566. The fourth-order valence-electron chi connectivity index (χ4n) is 2.03. The number of aliphatic carboxylic acids is 1. The maximum atomic E-state index is 12.4. The highest BCUT2D eigenvalue weighted by atomic mass is 16.4. The first-order valence-corrected chi connectivity index (χ1v) is 6.67. The maximum Gasteiger partial charge on any atom is 0.331 e. The molecule has 1 amide bonds. The van der Waals surface area contributed by atoms with Crippen LogP contribution in [0.5, 0.6) is 0 Å². The molecule has 2 rings (SSSR count). The minimum absolute atomic E-state index is 0.0938. The Balaban J connectivity index is 2.19. The zero-order valence-electron chi connectivity index (χ0n) is 12.0. The summed E-state index contributed by atoms with van der Waals surface area (Å²) in [5, 5.41) is 8.98. The summed E-state index contributed by atoms with van der Waals surface area (Å²) >= 11 is 0. The van der Waals surface area contributed by atoms with Crippen LogP contribution in [0.3, 0.4) is 0 Å². The molecule has 0 aromatic carbocycles. The Morgan fingerprint density at radius 1 is 1.30 bits per heavy atom. The highest BCUT2D eigenvalue weighted by molar-refractivity contribution is 6.01. The number of hydrogen-bond acceptors (Lipinski definition) is 3.